The maximum atomic E-state index is 16.0. The minimum Gasteiger partial charge on any atom is -0.389 e. The van der Waals surface area contributed by atoms with Crippen molar-refractivity contribution in [3.05, 3.63) is 107 Å². The first kappa shape index (κ1) is 44.8. The monoisotopic (exact) mass is 958 g/mol. The van der Waals surface area contributed by atoms with Gasteiger partial charge in [0, 0.05) is 96.4 Å². The molecule has 5 atom stereocenters. The maximum absolute atomic E-state index is 16.0. The van der Waals surface area contributed by atoms with Crippen molar-refractivity contribution < 1.29 is 37.9 Å². The van der Waals surface area contributed by atoms with Gasteiger partial charge < -0.3 is 34.6 Å². The van der Waals surface area contributed by atoms with E-state index < -0.39 is 47.0 Å². The number of carbonyl (C=O) groups is 5. The zero-order chi connectivity index (χ0) is 47.9. The van der Waals surface area contributed by atoms with Crippen LogP contribution in [0.25, 0.3) is 11.1 Å². The summed E-state index contributed by atoms with van der Waals surface area (Å²) in [5, 5.41) is 22.1. The van der Waals surface area contributed by atoms with Crippen molar-refractivity contribution in [2.45, 2.75) is 102 Å². The molecule has 6 aliphatic heterocycles. The molecule has 3 unspecified atom stereocenters. The van der Waals surface area contributed by atoms with E-state index in [-0.39, 0.29) is 72.7 Å². The number of aliphatic hydroxyl groups is 1. The Morgan fingerprint density at radius 3 is 2.42 bits per heavy atom. The molecule has 0 saturated carbocycles. The Hall–Kier alpha value is -6.73. The number of fused-ring (bicyclic) bond motifs is 2. The van der Waals surface area contributed by atoms with E-state index in [4.69, 9.17) is 0 Å². The van der Waals surface area contributed by atoms with E-state index in [1.807, 2.05) is 52.5 Å². The molecule has 16 nitrogen and oxygen atoms in total. The third-order valence-corrected chi connectivity index (χ3v) is 15.6. The van der Waals surface area contributed by atoms with Gasteiger partial charge in [-0.25, -0.2) is 18.7 Å². The third-order valence-electron chi connectivity index (χ3n) is 14.9. The fourth-order valence-electron chi connectivity index (χ4n) is 11.8. The highest BCUT2D eigenvalue weighted by molar-refractivity contribution is 7.13. The number of halogens is 2. The highest BCUT2D eigenvalue weighted by atomic mass is 32.1. The summed E-state index contributed by atoms with van der Waals surface area (Å²) >= 11 is 1.27. The largest absolute Gasteiger partial charge is 0.389 e. The number of hydrogen-bond acceptors (Lipinski definition) is 12. The summed E-state index contributed by atoms with van der Waals surface area (Å²) in [5.74, 6) is -2.75. The molecule has 5 aromatic rings. The molecule has 0 radical (unpaired) electrons. The van der Waals surface area contributed by atoms with Gasteiger partial charge in [0.2, 0.25) is 17.7 Å². The van der Waals surface area contributed by atoms with Gasteiger partial charge in [-0.05, 0) is 99.5 Å². The molecule has 0 bridgehead atoms. The molecule has 3 aromatic carbocycles. The maximum Gasteiger partial charge on any atom is 0.255 e. The van der Waals surface area contributed by atoms with Crippen molar-refractivity contribution in [3.8, 4) is 11.1 Å². The smallest absolute Gasteiger partial charge is 0.255 e. The summed E-state index contributed by atoms with van der Waals surface area (Å²) in [5.41, 5.74) is 3.63. The predicted molar refractivity (Wildman–Crippen MR) is 253 cm³/mol. The predicted octanol–water partition coefficient (Wildman–Crippen LogP) is 5.63. The van der Waals surface area contributed by atoms with E-state index in [0.29, 0.717) is 47.3 Å². The normalized spacial score (nSPS) is 24.1. The second-order valence-corrected chi connectivity index (χ2v) is 20.8. The number of piperidine rings is 2. The Morgan fingerprint density at radius 2 is 1.71 bits per heavy atom. The molecule has 19 heteroatoms. The number of aromatic nitrogens is 3. The van der Waals surface area contributed by atoms with Gasteiger partial charge in [-0.1, -0.05) is 12.1 Å². The summed E-state index contributed by atoms with van der Waals surface area (Å²) in [6, 6.07) is 13.4. The van der Waals surface area contributed by atoms with Crippen LogP contribution in [0, 0.1) is 17.0 Å². The van der Waals surface area contributed by atoms with Crippen LogP contribution in [0.4, 0.5) is 31.0 Å². The number of carbonyl (C=O) groups excluding carboxylic acids is 5. The average Bonchev–Trinajstić information content (AvgIpc) is 4.10. The SMILES string of the molecule is C[C@@H]1CC(O)(CC(=O)N2CC3(C2)CN(c2ccc(-c4cc(F)c5c(c4)C(=O)N(C(C(=O)Nc4nccs4)c4ncn6c4CCC6)C5)cc2)C3)C[C@H](C)N1c1ccc(NC2CCC(=O)NC2=O)cc1F. The number of amides is 5. The number of imide groups is 1. The van der Waals surface area contributed by atoms with Crippen LogP contribution in [-0.2, 0) is 38.7 Å². The lowest BCUT2D eigenvalue weighted by atomic mass is 9.72. The lowest BCUT2D eigenvalue weighted by molar-refractivity contribution is -0.152. The first-order chi connectivity index (χ1) is 33.1. The number of nitrogens with zero attached hydrogens (tertiary/aromatic N) is 7. The van der Waals surface area contributed by atoms with Gasteiger partial charge in [-0.15, -0.1) is 11.3 Å². The minimum absolute atomic E-state index is 0.0173. The van der Waals surface area contributed by atoms with Crippen LogP contribution < -0.4 is 25.8 Å². The van der Waals surface area contributed by atoms with Crippen LogP contribution in [0.1, 0.15) is 85.7 Å². The summed E-state index contributed by atoms with van der Waals surface area (Å²) in [6.45, 7) is 7.24. The van der Waals surface area contributed by atoms with Crippen molar-refractivity contribution in [1.29, 1.82) is 0 Å². The molecule has 4 N–H and O–H groups in total. The van der Waals surface area contributed by atoms with Gasteiger partial charge >= 0.3 is 0 Å². The lowest BCUT2D eigenvalue weighted by Crippen LogP contribution is -2.73. The zero-order valence-electron chi connectivity index (χ0n) is 38.2. The standard InChI is InChI=1S/C50H52F2N10O6S/c1-28-19-50(68,20-29(2)62(28)39-11-7-32(18-37(39)52)55-38-10-12-41(63)56-45(38)65)21-42(64)60-25-49(26-60)23-59(24-49)33-8-5-30(6-9-33)31-16-34-35(36(51)17-31)22-61(47(34)67)44(46(66)57-48-53-13-15-69-48)43-40-4-3-14-58(40)27-54-43/h5-9,11,13,15-18,27-29,38,44,55,68H,3-4,10,12,14,19-26H2,1-2H3,(H,53,57,66)(H,56,63,65)/t28-,29+,38?,44?,50?. The quantitative estimate of drug-likeness (QED) is 0.120. The fourth-order valence-corrected chi connectivity index (χ4v) is 12.3. The number of anilines is 4. The van der Waals surface area contributed by atoms with Crippen molar-refractivity contribution in [2.24, 2.45) is 5.41 Å². The zero-order valence-corrected chi connectivity index (χ0v) is 39.0. The Kier molecular flexibility index (Phi) is 11.1. The molecule has 4 fully saturated rings. The first-order valence-electron chi connectivity index (χ1n) is 23.5. The van der Waals surface area contributed by atoms with Crippen molar-refractivity contribution in [1.82, 2.24) is 29.7 Å². The van der Waals surface area contributed by atoms with E-state index in [1.54, 1.807) is 36.1 Å². The Morgan fingerprint density at radius 1 is 0.942 bits per heavy atom. The van der Waals surface area contributed by atoms with Gasteiger partial charge in [-0.3, -0.25) is 34.6 Å². The molecule has 1 spiro atoms. The summed E-state index contributed by atoms with van der Waals surface area (Å²) < 4.78 is 33.6. The van der Waals surface area contributed by atoms with Gasteiger partial charge in [0.1, 0.15) is 17.7 Å². The highest BCUT2D eigenvalue weighted by Crippen LogP contribution is 2.45. The molecule has 8 heterocycles. The van der Waals surface area contributed by atoms with Crippen molar-refractivity contribution in [3.63, 3.8) is 0 Å². The van der Waals surface area contributed by atoms with Gasteiger partial charge in [0.25, 0.3) is 11.8 Å². The number of imidazole rings is 1. The molecule has 0 aliphatic carbocycles. The molecular weight excluding hydrogens is 907 g/mol. The van der Waals surface area contributed by atoms with Crippen molar-refractivity contribution >= 4 is 63.1 Å². The van der Waals surface area contributed by atoms with Crippen LogP contribution >= 0.6 is 11.3 Å². The number of likely N-dealkylation sites (tertiary alicyclic amines) is 1. The molecule has 2 aromatic heterocycles. The Bertz CT molecular complexity index is 2880. The number of aryl methyl sites for hydroxylation is 1. The minimum atomic E-state index is -1.25. The van der Waals surface area contributed by atoms with Gasteiger partial charge in [0.15, 0.2) is 11.2 Å². The highest BCUT2D eigenvalue weighted by Gasteiger charge is 2.54. The van der Waals surface area contributed by atoms with E-state index >= 15 is 8.78 Å². The molecular formula is C50H52F2N10O6S. The van der Waals surface area contributed by atoms with Crippen LogP contribution in [0.15, 0.2) is 72.5 Å². The molecule has 358 valence electrons. The summed E-state index contributed by atoms with van der Waals surface area (Å²) in [4.78, 5) is 81.6. The number of thiazole rings is 1. The van der Waals surface area contributed by atoms with Crippen LogP contribution in [0.2, 0.25) is 0 Å². The van der Waals surface area contributed by atoms with Crippen LogP contribution in [0.3, 0.4) is 0 Å². The molecule has 11 rings (SSSR count). The number of rotatable bonds is 11. The van der Waals surface area contributed by atoms with Gasteiger partial charge in [0.05, 0.1) is 36.3 Å². The Balaban J connectivity index is 0.688. The van der Waals surface area contributed by atoms with E-state index in [1.165, 1.54) is 28.4 Å². The Labute approximate surface area is 400 Å². The number of benzene rings is 3. The lowest BCUT2D eigenvalue weighted by Gasteiger charge is -2.61. The summed E-state index contributed by atoms with van der Waals surface area (Å²) in [6.07, 6.45) is 6.00. The van der Waals surface area contributed by atoms with Crippen LogP contribution in [0.5, 0.6) is 0 Å². The number of nitrogens with one attached hydrogen (secondary N) is 3. The second-order valence-electron chi connectivity index (χ2n) is 19.9. The van der Waals surface area contributed by atoms with Crippen molar-refractivity contribution in [2.75, 3.05) is 46.6 Å². The topological polar surface area (TPSA) is 185 Å². The summed E-state index contributed by atoms with van der Waals surface area (Å²) in [7, 11) is 0. The fraction of sp³-hybridized carbons (Fsp3) is 0.420. The van der Waals surface area contributed by atoms with Crippen LogP contribution in [-0.4, -0.2) is 109 Å². The van der Waals surface area contributed by atoms with E-state index in [9.17, 15) is 29.1 Å². The molecule has 6 aliphatic rings. The number of hydrogen-bond donors (Lipinski definition) is 4. The second kappa shape index (κ2) is 17.0. The van der Waals surface area contributed by atoms with E-state index in [2.05, 4.69) is 30.8 Å². The first-order valence-corrected chi connectivity index (χ1v) is 24.4. The third kappa shape index (κ3) is 8.17. The molecule has 4 saturated heterocycles. The average molecular weight is 959 g/mol. The van der Waals surface area contributed by atoms with Gasteiger partial charge in [-0.2, -0.15) is 0 Å². The molecule has 5 amide bonds. The van der Waals surface area contributed by atoms with E-state index in [0.717, 1.165) is 49.4 Å². The molecule has 69 heavy (non-hydrogen) atoms.